The molecule has 140 valence electrons. The molecular weight excluding hydrogens is 330 g/mol. The number of rotatable bonds is 4. The Bertz CT molecular complexity index is 591. The number of ether oxygens (including phenoxy) is 1. The monoisotopic (exact) mass is 356 g/mol. The minimum atomic E-state index is -2.64. The molecule has 6 nitrogen and oxygen atoms in total. The molecule has 2 fully saturated rings. The van der Waals surface area contributed by atoms with Crippen molar-refractivity contribution >= 4 is 11.6 Å². The van der Waals surface area contributed by atoms with E-state index in [0.29, 0.717) is 0 Å². The predicted octanol–water partition coefficient (Wildman–Crippen LogP) is 2.91. The second kappa shape index (κ2) is 7.68. The van der Waals surface area contributed by atoms with Gasteiger partial charge in [-0.2, -0.15) is 5.10 Å². The summed E-state index contributed by atoms with van der Waals surface area (Å²) in [5.41, 5.74) is 5.35. The minimum absolute atomic E-state index is 0.0607. The van der Waals surface area contributed by atoms with E-state index >= 15 is 0 Å². The molecule has 0 unspecified atom stereocenters. The summed E-state index contributed by atoms with van der Waals surface area (Å²) in [6.07, 6.45) is 4.53. The largest absolute Gasteiger partial charge is 0.396 e. The van der Waals surface area contributed by atoms with Gasteiger partial charge in [0.1, 0.15) is 0 Å². The van der Waals surface area contributed by atoms with Gasteiger partial charge in [0.2, 0.25) is 5.91 Å². The van der Waals surface area contributed by atoms with E-state index in [1.165, 1.54) is 6.20 Å². The number of halogens is 2. The molecule has 2 N–H and O–H groups in total. The number of amides is 1. The van der Waals surface area contributed by atoms with Crippen LogP contribution in [0.2, 0.25) is 0 Å². The lowest BCUT2D eigenvalue weighted by atomic mass is 9.92. The second-order valence-corrected chi connectivity index (χ2v) is 7.02. The smallest absolute Gasteiger partial charge is 0.284 e. The third kappa shape index (κ3) is 4.29. The van der Waals surface area contributed by atoms with Crippen molar-refractivity contribution < 1.29 is 18.3 Å². The average Bonchev–Trinajstić information content (AvgIpc) is 2.98. The van der Waals surface area contributed by atoms with Gasteiger partial charge in [-0.3, -0.25) is 9.48 Å². The number of piperidine rings is 1. The molecule has 1 amide bonds. The van der Waals surface area contributed by atoms with Gasteiger partial charge >= 0.3 is 0 Å². The zero-order valence-electron chi connectivity index (χ0n) is 14.5. The van der Waals surface area contributed by atoms with E-state index in [4.69, 9.17) is 10.5 Å². The van der Waals surface area contributed by atoms with Crippen LogP contribution < -0.4 is 5.73 Å². The van der Waals surface area contributed by atoms with Crippen LogP contribution in [0.1, 0.15) is 63.6 Å². The molecule has 8 heteroatoms. The molecule has 1 aliphatic carbocycles. The summed E-state index contributed by atoms with van der Waals surface area (Å²) in [5, 5.41) is 3.96. The van der Waals surface area contributed by atoms with Crippen LogP contribution in [0.15, 0.2) is 6.20 Å². The fraction of sp³-hybridized carbons (Fsp3) is 0.765. The van der Waals surface area contributed by atoms with Crippen LogP contribution in [0.4, 0.5) is 14.5 Å². The molecule has 1 aromatic rings. The van der Waals surface area contributed by atoms with Crippen LogP contribution in [0.5, 0.6) is 0 Å². The van der Waals surface area contributed by atoms with Gasteiger partial charge in [-0.25, -0.2) is 8.78 Å². The minimum Gasteiger partial charge on any atom is -0.396 e. The number of hydrogen-bond donors (Lipinski definition) is 1. The first-order chi connectivity index (χ1) is 11.9. The standard InChI is InChI=1S/C17H26F2N4O2/c1-11(24)22-8-6-14(7-9-22)25-13-4-2-12(3-5-13)23-10-15(20)16(21-23)17(18)19/h10,12-14,17H,2-9,20H2,1H3. The molecule has 1 aromatic heterocycles. The first-order valence-electron chi connectivity index (χ1n) is 8.97. The molecule has 1 aliphatic heterocycles. The van der Waals surface area contributed by atoms with Gasteiger partial charge in [-0.05, 0) is 38.5 Å². The highest BCUT2D eigenvalue weighted by Crippen LogP contribution is 2.33. The molecule has 3 rings (SSSR count). The topological polar surface area (TPSA) is 73.4 Å². The van der Waals surface area contributed by atoms with E-state index in [2.05, 4.69) is 5.10 Å². The summed E-state index contributed by atoms with van der Waals surface area (Å²) in [7, 11) is 0. The lowest BCUT2D eigenvalue weighted by Gasteiger charge is -2.35. The molecule has 1 saturated carbocycles. The highest BCUT2D eigenvalue weighted by Gasteiger charge is 2.29. The molecular formula is C17H26F2N4O2. The van der Waals surface area contributed by atoms with Crippen LogP contribution >= 0.6 is 0 Å². The molecule has 0 radical (unpaired) electrons. The molecule has 2 heterocycles. The molecule has 0 bridgehead atoms. The van der Waals surface area contributed by atoms with Gasteiger partial charge in [0.15, 0.2) is 5.69 Å². The number of aromatic nitrogens is 2. The van der Waals surface area contributed by atoms with Crippen molar-refractivity contribution in [2.45, 2.75) is 70.1 Å². The fourth-order valence-electron chi connectivity index (χ4n) is 3.80. The molecule has 2 aliphatic rings. The number of carbonyl (C=O) groups excluding carboxylic acids is 1. The number of anilines is 1. The second-order valence-electron chi connectivity index (χ2n) is 7.02. The van der Waals surface area contributed by atoms with E-state index < -0.39 is 6.43 Å². The molecule has 0 aromatic carbocycles. The number of nitrogens with two attached hydrogens (primary N) is 1. The van der Waals surface area contributed by atoms with Crippen molar-refractivity contribution in [1.82, 2.24) is 14.7 Å². The van der Waals surface area contributed by atoms with Gasteiger partial charge in [0.25, 0.3) is 6.43 Å². The third-order valence-electron chi connectivity index (χ3n) is 5.29. The highest BCUT2D eigenvalue weighted by molar-refractivity contribution is 5.73. The van der Waals surface area contributed by atoms with Crippen LogP contribution in [0, 0.1) is 0 Å². The number of nitrogens with zero attached hydrogens (tertiary/aromatic N) is 3. The number of nitrogen functional groups attached to an aromatic ring is 1. The first kappa shape index (κ1) is 18.1. The van der Waals surface area contributed by atoms with E-state index in [-0.39, 0.29) is 35.5 Å². The zero-order chi connectivity index (χ0) is 18.0. The number of carbonyl (C=O) groups is 1. The lowest BCUT2D eigenvalue weighted by molar-refractivity contribution is -0.132. The van der Waals surface area contributed by atoms with Gasteiger partial charge in [-0.1, -0.05) is 0 Å². The zero-order valence-corrected chi connectivity index (χ0v) is 14.5. The Morgan fingerprint density at radius 3 is 2.32 bits per heavy atom. The van der Waals surface area contributed by atoms with E-state index in [0.717, 1.165) is 51.6 Å². The van der Waals surface area contributed by atoms with Crippen molar-refractivity contribution in [3.05, 3.63) is 11.9 Å². The molecule has 25 heavy (non-hydrogen) atoms. The maximum absolute atomic E-state index is 12.8. The predicted molar refractivity (Wildman–Crippen MR) is 89.3 cm³/mol. The molecule has 0 atom stereocenters. The Balaban J connectivity index is 1.46. The van der Waals surface area contributed by atoms with Gasteiger partial charge < -0.3 is 15.4 Å². The van der Waals surface area contributed by atoms with Gasteiger partial charge in [0, 0.05) is 26.2 Å². The van der Waals surface area contributed by atoms with Crippen LogP contribution in [-0.2, 0) is 9.53 Å². The maximum Gasteiger partial charge on any atom is 0.284 e. The number of alkyl halides is 2. The van der Waals surface area contributed by atoms with Crippen molar-refractivity contribution in [3.63, 3.8) is 0 Å². The summed E-state index contributed by atoms with van der Waals surface area (Å²) >= 11 is 0. The van der Waals surface area contributed by atoms with Crippen molar-refractivity contribution in [3.8, 4) is 0 Å². The Labute approximate surface area is 146 Å². The fourth-order valence-corrected chi connectivity index (χ4v) is 3.80. The van der Waals surface area contributed by atoms with Gasteiger partial charge in [-0.15, -0.1) is 0 Å². The van der Waals surface area contributed by atoms with Crippen LogP contribution in [0.25, 0.3) is 0 Å². The van der Waals surface area contributed by atoms with E-state index in [1.807, 2.05) is 4.90 Å². The first-order valence-corrected chi connectivity index (χ1v) is 8.97. The summed E-state index contributed by atoms with van der Waals surface area (Å²) in [6.45, 7) is 3.13. The van der Waals surface area contributed by atoms with Crippen molar-refractivity contribution in [1.29, 1.82) is 0 Å². The average molecular weight is 356 g/mol. The quantitative estimate of drug-likeness (QED) is 0.900. The third-order valence-corrected chi connectivity index (χ3v) is 5.29. The van der Waals surface area contributed by atoms with Gasteiger partial charge in [0.05, 0.1) is 23.9 Å². The summed E-state index contributed by atoms with van der Waals surface area (Å²) in [6, 6.07) is 0.106. The summed E-state index contributed by atoms with van der Waals surface area (Å²) in [4.78, 5) is 13.2. The molecule has 0 spiro atoms. The normalized spacial score (nSPS) is 25.5. The van der Waals surface area contributed by atoms with Crippen molar-refractivity contribution in [2.24, 2.45) is 0 Å². The Kier molecular flexibility index (Phi) is 5.56. The van der Waals surface area contributed by atoms with Crippen molar-refractivity contribution in [2.75, 3.05) is 18.8 Å². The number of likely N-dealkylation sites (tertiary alicyclic amines) is 1. The SMILES string of the molecule is CC(=O)N1CCC(OC2CCC(n3cc(N)c(C(F)F)n3)CC2)CC1. The Hall–Kier alpha value is -1.70. The van der Waals surface area contributed by atoms with Crippen LogP contribution in [-0.4, -0.2) is 45.9 Å². The highest BCUT2D eigenvalue weighted by atomic mass is 19.3. The summed E-state index contributed by atoms with van der Waals surface area (Å²) in [5.74, 6) is 0.126. The van der Waals surface area contributed by atoms with Crippen LogP contribution in [0.3, 0.4) is 0 Å². The Morgan fingerprint density at radius 1 is 1.20 bits per heavy atom. The maximum atomic E-state index is 12.8. The lowest BCUT2D eigenvalue weighted by Crippen LogP contribution is -2.41. The number of hydrogen-bond acceptors (Lipinski definition) is 4. The summed E-state index contributed by atoms with van der Waals surface area (Å²) < 4.78 is 33.4. The van der Waals surface area contributed by atoms with E-state index in [1.54, 1.807) is 11.6 Å². The molecule has 1 saturated heterocycles. The Morgan fingerprint density at radius 2 is 1.80 bits per heavy atom. The van der Waals surface area contributed by atoms with E-state index in [9.17, 15) is 13.6 Å².